The van der Waals surface area contributed by atoms with Gasteiger partial charge in [-0.25, -0.2) is 9.97 Å². The highest BCUT2D eigenvalue weighted by Crippen LogP contribution is 2.28. The fourth-order valence-corrected chi connectivity index (χ4v) is 2.89. The minimum Gasteiger partial charge on any atom is -0.330 e. The van der Waals surface area contributed by atoms with Gasteiger partial charge in [0.05, 0.1) is 15.6 Å². The number of pyridine rings is 1. The van der Waals surface area contributed by atoms with Crippen molar-refractivity contribution in [1.29, 1.82) is 0 Å². The number of nitrogens with two attached hydrogens (primary N) is 1. The zero-order valence-electron chi connectivity index (χ0n) is 11.0. The molecule has 0 aliphatic carbocycles. The van der Waals surface area contributed by atoms with Crippen LogP contribution in [0, 0.1) is 6.92 Å². The van der Waals surface area contributed by atoms with Gasteiger partial charge in [-0.2, -0.15) is 5.10 Å². The minimum atomic E-state index is 0.591. The van der Waals surface area contributed by atoms with Crippen LogP contribution in [0.5, 0.6) is 0 Å². The molecule has 0 atom stereocenters. The van der Waals surface area contributed by atoms with Crippen LogP contribution >= 0.6 is 11.3 Å². The lowest BCUT2D eigenvalue weighted by molar-refractivity contribution is 0.945. The molecule has 0 bridgehead atoms. The molecule has 3 heterocycles. The fourth-order valence-electron chi connectivity index (χ4n) is 1.88. The maximum Gasteiger partial charge on any atom is 0.200 e. The predicted molar refractivity (Wildman–Crippen MR) is 78.2 cm³/mol. The maximum absolute atomic E-state index is 5.56. The van der Waals surface area contributed by atoms with Crippen molar-refractivity contribution in [1.82, 2.24) is 25.1 Å². The van der Waals surface area contributed by atoms with Gasteiger partial charge in [0.1, 0.15) is 5.69 Å². The molecule has 0 unspecified atom stereocenters. The molecule has 0 amide bonds. The van der Waals surface area contributed by atoms with Gasteiger partial charge in [-0.3, -0.25) is 10.1 Å². The van der Waals surface area contributed by atoms with Crippen molar-refractivity contribution >= 4 is 11.3 Å². The average molecular weight is 286 g/mol. The number of aryl methyl sites for hydroxylation is 1. The number of aromatic nitrogens is 5. The van der Waals surface area contributed by atoms with Crippen LogP contribution in [0.4, 0.5) is 0 Å². The molecule has 3 aromatic rings. The quantitative estimate of drug-likeness (QED) is 0.762. The zero-order valence-corrected chi connectivity index (χ0v) is 11.8. The van der Waals surface area contributed by atoms with Gasteiger partial charge < -0.3 is 5.73 Å². The van der Waals surface area contributed by atoms with Crippen LogP contribution in [-0.2, 0) is 6.42 Å². The van der Waals surface area contributed by atoms with Crippen LogP contribution in [0.1, 0.15) is 10.7 Å². The molecule has 0 aliphatic heterocycles. The summed E-state index contributed by atoms with van der Waals surface area (Å²) in [6, 6.07) is 5.66. The van der Waals surface area contributed by atoms with Crippen molar-refractivity contribution in [3.63, 3.8) is 0 Å². The number of aromatic amines is 1. The molecule has 3 N–H and O–H groups in total. The van der Waals surface area contributed by atoms with Crippen molar-refractivity contribution in [3.05, 3.63) is 35.1 Å². The standard InChI is InChI=1S/C13H14N6S/c1-8-11(20-10(16-8)5-6-14)13-17-12(18-19-13)9-4-2-3-7-15-9/h2-4,7H,5-6,14H2,1H3,(H,17,18,19). The lowest BCUT2D eigenvalue weighted by Crippen LogP contribution is -2.01. The third kappa shape index (κ3) is 2.45. The number of nitrogens with one attached hydrogen (secondary N) is 1. The van der Waals surface area contributed by atoms with Gasteiger partial charge in [0.15, 0.2) is 11.6 Å². The Kier molecular flexibility index (Phi) is 3.53. The molecule has 20 heavy (non-hydrogen) atoms. The van der Waals surface area contributed by atoms with Crippen LogP contribution in [0.15, 0.2) is 24.4 Å². The van der Waals surface area contributed by atoms with E-state index in [2.05, 4.69) is 25.1 Å². The summed E-state index contributed by atoms with van der Waals surface area (Å²) >= 11 is 1.60. The SMILES string of the molecule is Cc1nc(CCN)sc1-c1nc(-c2ccccn2)n[nH]1. The molecule has 0 radical (unpaired) electrons. The van der Waals surface area contributed by atoms with Crippen molar-refractivity contribution in [2.75, 3.05) is 6.54 Å². The van der Waals surface area contributed by atoms with E-state index in [0.29, 0.717) is 12.4 Å². The first-order valence-corrected chi connectivity index (χ1v) is 7.10. The maximum atomic E-state index is 5.56. The number of hydrogen-bond donors (Lipinski definition) is 2. The van der Waals surface area contributed by atoms with Crippen molar-refractivity contribution in [2.24, 2.45) is 5.73 Å². The highest BCUT2D eigenvalue weighted by atomic mass is 32.1. The van der Waals surface area contributed by atoms with E-state index in [1.165, 1.54) is 0 Å². The molecule has 3 aromatic heterocycles. The summed E-state index contributed by atoms with van der Waals surface area (Å²) in [6.45, 7) is 2.57. The topological polar surface area (TPSA) is 93.4 Å². The van der Waals surface area contributed by atoms with E-state index in [9.17, 15) is 0 Å². The Morgan fingerprint density at radius 1 is 1.30 bits per heavy atom. The normalized spacial score (nSPS) is 10.9. The van der Waals surface area contributed by atoms with Gasteiger partial charge in [0, 0.05) is 12.6 Å². The Morgan fingerprint density at radius 3 is 2.95 bits per heavy atom. The van der Waals surface area contributed by atoms with Gasteiger partial charge in [-0.1, -0.05) is 6.07 Å². The Labute approximate surface area is 120 Å². The summed E-state index contributed by atoms with van der Waals surface area (Å²) in [7, 11) is 0. The lowest BCUT2D eigenvalue weighted by Gasteiger charge is -1.91. The van der Waals surface area contributed by atoms with Crippen LogP contribution < -0.4 is 5.73 Å². The molecule has 0 spiro atoms. The van der Waals surface area contributed by atoms with E-state index in [-0.39, 0.29) is 0 Å². The largest absolute Gasteiger partial charge is 0.330 e. The first-order chi connectivity index (χ1) is 9.78. The number of H-pyrrole nitrogens is 1. The van der Waals surface area contributed by atoms with E-state index in [1.807, 2.05) is 25.1 Å². The molecule has 6 nitrogen and oxygen atoms in total. The zero-order chi connectivity index (χ0) is 13.9. The number of hydrogen-bond acceptors (Lipinski definition) is 6. The van der Waals surface area contributed by atoms with Gasteiger partial charge in [0.25, 0.3) is 0 Å². The molecule has 0 fully saturated rings. The van der Waals surface area contributed by atoms with Crippen molar-refractivity contribution < 1.29 is 0 Å². The smallest absolute Gasteiger partial charge is 0.200 e. The second-order valence-corrected chi connectivity index (χ2v) is 5.37. The van der Waals surface area contributed by atoms with Crippen LogP contribution in [0.2, 0.25) is 0 Å². The summed E-state index contributed by atoms with van der Waals surface area (Å²) in [4.78, 5) is 14.2. The Bertz CT molecular complexity index is 703. The molecule has 3 rings (SSSR count). The lowest BCUT2D eigenvalue weighted by atomic mass is 10.3. The first-order valence-electron chi connectivity index (χ1n) is 6.28. The second kappa shape index (κ2) is 5.48. The van der Waals surface area contributed by atoms with E-state index in [4.69, 9.17) is 5.73 Å². The van der Waals surface area contributed by atoms with E-state index in [0.717, 1.165) is 33.5 Å². The highest BCUT2D eigenvalue weighted by Gasteiger charge is 2.14. The van der Waals surface area contributed by atoms with Gasteiger partial charge in [0.2, 0.25) is 0 Å². The fraction of sp³-hybridized carbons (Fsp3) is 0.231. The predicted octanol–water partition coefficient (Wildman–Crippen LogP) is 1.80. The molecule has 102 valence electrons. The Hall–Kier alpha value is -2.12. The Balaban J connectivity index is 1.94. The van der Waals surface area contributed by atoms with Gasteiger partial charge in [-0.15, -0.1) is 11.3 Å². The van der Waals surface area contributed by atoms with E-state index in [1.54, 1.807) is 17.5 Å². The van der Waals surface area contributed by atoms with Crippen LogP contribution in [0.3, 0.4) is 0 Å². The summed E-state index contributed by atoms with van der Waals surface area (Å²) in [5, 5.41) is 8.19. The molecule has 0 saturated carbocycles. The number of rotatable bonds is 4. The number of thiazole rings is 1. The molecule has 7 heteroatoms. The van der Waals surface area contributed by atoms with E-state index >= 15 is 0 Å². The second-order valence-electron chi connectivity index (χ2n) is 4.28. The highest BCUT2D eigenvalue weighted by molar-refractivity contribution is 7.15. The van der Waals surface area contributed by atoms with Crippen molar-refractivity contribution in [3.8, 4) is 22.2 Å². The average Bonchev–Trinajstić information content (AvgIpc) is 3.07. The third-order valence-corrected chi connectivity index (χ3v) is 4.02. The molecular formula is C13H14N6S. The number of nitrogens with zero attached hydrogens (tertiary/aromatic N) is 4. The molecular weight excluding hydrogens is 272 g/mol. The van der Waals surface area contributed by atoms with E-state index < -0.39 is 0 Å². The summed E-state index contributed by atoms with van der Waals surface area (Å²) in [6.07, 6.45) is 2.51. The first kappa shape index (κ1) is 12.9. The molecule has 0 saturated heterocycles. The monoisotopic (exact) mass is 286 g/mol. The molecule has 0 aromatic carbocycles. The summed E-state index contributed by atoms with van der Waals surface area (Å²) < 4.78 is 0. The van der Waals surface area contributed by atoms with Crippen LogP contribution in [0.25, 0.3) is 22.2 Å². The van der Waals surface area contributed by atoms with Gasteiger partial charge in [-0.05, 0) is 25.6 Å². The third-order valence-electron chi connectivity index (χ3n) is 2.79. The Morgan fingerprint density at radius 2 is 2.20 bits per heavy atom. The van der Waals surface area contributed by atoms with Gasteiger partial charge >= 0.3 is 0 Å². The minimum absolute atomic E-state index is 0.591. The molecule has 0 aliphatic rings. The van der Waals surface area contributed by atoms with Crippen LogP contribution in [-0.4, -0.2) is 31.7 Å². The summed E-state index contributed by atoms with van der Waals surface area (Å²) in [5.74, 6) is 1.32. The summed E-state index contributed by atoms with van der Waals surface area (Å²) in [5.41, 5.74) is 7.26. The van der Waals surface area contributed by atoms with Crippen molar-refractivity contribution in [2.45, 2.75) is 13.3 Å².